The first-order valence-electron chi connectivity index (χ1n) is 10.5. The van der Waals surface area contributed by atoms with E-state index in [1.165, 1.54) is 0 Å². The Morgan fingerprint density at radius 1 is 1.03 bits per heavy atom. The van der Waals surface area contributed by atoms with Crippen LogP contribution in [-0.4, -0.2) is 18.8 Å². The van der Waals surface area contributed by atoms with Crippen molar-refractivity contribution in [2.75, 3.05) is 17.7 Å². The van der Waals surface area contributed by atoms with E-state index in [0.717, 1.165) is 47.3 Å². The van der Waals surface area contributed by atoms with Gasteiger partial charge in [0.25, 0.3) is 5.91 Å². The van der Waals surface area contributed by atoms with Gasteiger partial charge in [-0.1, -0.05) is 36.4 Å². The predicted octanol–water partition coefficient (Wildman–Crippen LogP) is 4.74. The van der Waals surface area contributed by atoms with Crippen LogP contribution in [-0.2, 0) is 16.1 Å². The van der Waals surface area contributed by atoms with Crippen LogP contribution in [0.15, 0.2) is 72.8 Å². The normalized spacial score (nSPS) is 15.9. The molecule has 160 valence electrons. The van der Waals surface area contributed by atoms with Gasteiger partial charge in [-0.05, 0) is 65.9 Å². The average molecular weight is 418 g/mol. The Morgan fingerprint density at radius 3 is 2.58 bits per heavy atom. The molecule has 0 saturated carbocycles. The van der Waals surface area contributed by atoms with Crippen LogP contribution < -0.4 is 16.5 Å². The molecule has 6 heteroatoms. The topological polar surface area (TPSA) is 85.6 Å². The molecule has 1 aliphatic rings. The maximum absolute atomic E-state index is 12.9. The number of hydroxylamine groups is 1. The summed E-state index contributed by atoms with van der Waals surface area (Å²) in [6, 6.07) is 23.3. The van der Waals surface area contributed by atoms with Gasteiger partial charge in [-0.2, -0.15) is 0 Å². The maximum Gasteiger partial charge on any atom is 0.275 e. The van der Waals surface area contributed by atoms with E-state index in [4.69, 9.17) is 15.3 Å². The molecule has 3 aromatic carbocycles. The van der Waals surface area contributed by atoms with Crippen molar-refractivity contribution in [3.63, 3.8) is 0 Å². The number of nitrogens with two attached hydrogens (primary N) is 1. The Hall–Kier alpha value is -3.35. The Bertz CT molecular complexity index is 1000. The molecular formula is C25H27N3O3. The highest BCUT2D eigenvalue weighted by Gasteiger charge is 2.18. The molecule has 4 N–H and O–H groups in total. The van der Waals surface area contributed by atoms with Crippen LogP contribution in [0.3, 0.4) is 0 Å². The average Bonchev–Trinajstić information content (AvgIpc) is 2.83. The molecule has 0 radical (unpaired) electrons. The van der Waals surface area contributed by atoms with Crippen molar-refractivity contribution in [3.8, 4) is 11.1 Å². The fourth-order valence-electron chi connectivity index (χ4n) is 3.54. The van der Waals surface area contributed by atoms with Gasteiger partial charge < -0.3 is 15.8 Å². The van der Waals surface area contributed by atoms with E-state index in [1.54, 1.807) is 0 Å². The van der Waals surface area contributed by atoms with Crippen molar-refractivity contribution in [1.29, 1.82) is 0 Å². The second kappa shape index (κ2) is 10.1. The van der Waals surface area contributed by atoms with E-state index in [0.29, 0.717) is 18.7 Å². The smallest absolute Gasteiger partial charge is 0.275 e. The van der Waals surface area contributed by atoms with E-state index < -0.39 is 0 Å². The van der Waals surface area contributed by atoms with Gasteiger partial charge in [-0.3, -0.25) is 4.79 Å². The summed E-state index contributed by atoms with van der Waals surface area (Å²) in [5.41, 5.74) is 13.5. The number of carbonyl (C=O) groups excluding carboxylic acids is 1. The van der Waals surface area contributed by atoms with Gasteiger partial charge in [0.1, 0.15) is 0 Å². The van der Waals surface area contributed by atoms with Gasteiger partial charge in [0.15, 0.2) is 6.29 Å². The van der Waals surface area contributed by atoms with Crippen LogP contribution in [0.5, 0.6) is 0 Å². The highest BCUT2D eigenvalue weighted by Crippen LogP contribution is 2.26. The van der Waals surface area contributed by atoms with Crippen LogP contribution in [0.25, 0.3) is 11.1 Å². The van der Waals surface area contributed by atoms with Gasteiger partial charge in [0, 0.05) is 36.5 Å². The molecule has 1 amide bonds. The Balaban J connectivity index is 1.51. The second-order valence-corrected chi connectivity index (χ2v) is 7.57. The number of rotatable bonds is 7. The van der Waals surface area contributed by atoms with E-state index in [9.17, 15) is 4.79 Å². The molecule has 0 aliphatic carbocycles. The highest BCUT2D eigenvalue weighted by molar-refractivity contribution is 6.00. The minimum absolute atomic E-state index is 0.286. The lowest BCUT2D eigenvalue weighted by molar-refractivity contribution is -0.186. The largest absolute Gasteiger partial charge is 0.399 e. The first-order chi connectivity index (χ1) is 15.2. The number of hydrogen-bond donors (Lipinski definition) is 3. The quantitative estimate of drug-likeness (QED) is 0.382. The molecule has 1 unspecified atom stereocenters. The molecule has 0 aromatic heterocycles. The Kier molecular flexibility index (Phi) is 6.82. The second-order valence-electron chi connectivity index (χ2n) is 7.57. The molecule has 1 atom stereocenters. The van der Waals surface area contributed by atoms with Gasteiger partial charge in [-0.15, -0.1) is 0 Å². The van der Waals surface area contributed by atoms with Gasteiger partial charge in [0.05, 0.1) is 0 Å². The molecule has 31 heavy (non-hydrogen) atoms. The molecular weight excluding hydrogens is 390 g/mol. The van der Waals surface area contributed by atoms with Crippen molar-refractivity contribution in [1.82, 2.24) is 5.48 Å². The third-order valence-electron chi connectivity index (χ3n) is 5.24. The first kappa shape index (κ1) is 20.9. The molecule has 6 nitrogen and oxygen atoms in total. The summed E-state index contributed by atoms with van der Waals surface area (Å²) >= 11 is 0. The van der Waals surface area contributed by atoms with Crippen molar-refractivity contribution in [2.45, 2.75) is 32.1 Å². The number of ether oxygens (including phenoxy) is 1. The van der Waals surface area contributed by atoms with Gasteiger partial charge in [-0.25, -0.2) is 10.3 Å². The number of anilines is 2. The van der Waals surface area contributed by atoms with Crippen LogP contribution in [0.2, 0.25) is 0 Å². The van der Waals surface area contributed by atoms with Crippen LogP contribution in [0, 0.1) is 0 Å². The summed E-state index contributed by atoms with van der Waals surface area (Å²) < 4.78 is 5.53. The molecule has 3 aromatic rings. The third kappa shape index (κ3) is 5.63. The summed E-state index contributed by atoms with van der Waals surface area (Å²) in [6.07, 6.45) is 2.45. The summed E-state index contributed by atoms with van der Waals surface area (Å²) in [6.45, 7) is 1.28. The molecule has 4 rings (SSSR count). The summed E-state index contributed by atoms with van der Waals surface area (Å²) in [5.74, 6) is -0.286. The van der Waals surface area contributed by atoms with Crippen LogP contribution >= 0.6 is 0 Å². The number of hydrogen-bond acceptors (Lipinski definition) is 5. The lowest BCUT2D eigenvalue weighted by atomic mass is 9.96. The lowest BCUT2D eigenvalue weighted by Crippen LogP contribution is -2.33. The molecule has 0 bridgehead atoms. The number of amides is 1. The molecule has 1 aliphatic heterocycles. The maximum atomic E-state index is 12.9. The number of nitrogen functional groups attached to an aromatic ring is 1. The minimum Gasteiger partial charge on any atom is -0.399 e. The fraction of sp³-hybridized carbons (Fsp3) is 0.240. The Morgan fingerprint density at radius 2 is 1.84 bits per heavy atom. The summed E-state index contributed by atoms with van der Waals surface area (Å²) in [4.78, 5) is 18.4. The summed E-state index contributed by atoms with van der Waals surface area (Å²) in [7, 11) is 0. The van der Waals surface area contributed by atoms with Crippen LogP contribution in [0.1, 0.15) is 35.2 Å². The first-order valence-corrected chi connectivity index (χ1v) is 10.5. The zero-order valence-electron chi connectivity index (χ0n) is 17.3. The molecule has 1 saturated heterocycles. The van der Waals surface area contributed by atoms with Crippen molar-refractivity contribution >= 4 is 17.3 Å². The predicted molar refractivity (Wildman–Crippen MR) is 122 cm³/mol. The van der Waals surface area contributed by atoms with Crippen molar-refractivity contribution in [3.05, 3.63) is 83.9 Å². The monoisotopic (exact) mass is 417 g/mol. The lowest BCUT2D eigenvalue weighted by Gasteiger charge is -2.22. The van der Waals surface area contributed by atoms with Crippen molar-refractivity contribution < 1.29 is 14.4 Å². The number of nitrogens with one attached hydrogen (secondary N) is 2. The molecule has 1 heterocycles. The van der Waals surface area contributed by atoms with E-state index >= 15 is 0 Å². The number of benzene rings is 3. The Labute approximate surface area is 182 Å². The standard InChI is InChI=1S/C25H27N3O3/c26-20-10-12-21(13-11-20)27-17-18-9-14-22(23(16-18)19-6-2-1-3-7-19)25(29)28-31-24-8-4-5-15-30-24/h1-3,6-7,9-14,16,24,27H,4-5,8,15,17,26H2,(H,28,29). The zero-order chi connectivity index (χ0) is 21.5. The van der Waals surface area contributed by atoms with Crippen LogP contribution in [0.4, 0.5) is 11.4 Å². The summed E-state index contributed by atoms with van der Waals surface area (Å²) in [5, 5.41) is 3.39. The van der Waals surface area contributed by atoms with Crippen molar-refractivity contribution in [2.24, 2.45) is 0 Å². The molecule has 0 spiro atoms. The molecule has 1 fully saturated rings. The fourth-order valence-corrected chi connectivity index (χ4v) is 3.54. The minimum atomic E-state index is -0.388. The zero-order valence-corrected chi connectivity index (χ0v) is 17.3. The SMILES string of the molecule is Nc1ccc(NCc2ccc(C(=O)NOC3CCCCO3)c(-c3ccccc3)c2)cc1. The third-order valence-corrected chi connectivity index (χ3v) is 5.24. The van der Waals surface area contributed by atoms with E-state index in [2.05, 4.69) is 10.8 Å². The van der Waals surface area contributed by atoms with E-state index in [-0.39, 0.29) is 12.2 Å². The van der Waals surface area contributed by atoms with E-state index in [1.807, 2.05) is 72.8 Å². The number of carbonyl (C=O) groups is 1. The van der Waals surface area contributed by atoms with Gasteiger partial charge in [0.2, 0.25) is 0 Å². The highest BCUT2D eigenvalue weighted by atomic mass is 16.8. The van der Waals surface area contributed by atoms with Gasteiger partial charge >= 0.3 is 0 Å².